The van der Waals surface area contributed by atoms with E-state index >= 15 is 0 Å². The van der Waals surface area contributed by atoms with Crippen molar-refractivity contribution in [2.24, 2.45) is 0 Å². The minimum Gasteiger partial charge on any atom is -0.456 e. The highest BCUT2D eigenvalue weighted by molar-refractivity contribution is 6.15. The molecule has 0 N–H and O–H groups in total. The fourth-order valence-electron chi connectivity index (χ4n) is 7.69. The standard InChI is InChI=1S/C50H33NO/c1-2-13-34(14-3-1)44-20-9-10-23-47(44)51(48-32-39-15-4-6-19-43(39)45-21-7-8-22-46(45)48)42-28-27-37-29-36(25-26-38(37)31-42)35-17-12-18-40(30-35)50-33-41-16-5-11-24-49(41)52-50/h1-33H. The molecule has 2 heteroatoms. The Kier molecular flexibility index (Phi) is 7.18. The van der Waals surface area contributed by atoms with E-state index in [-0.39, 0.29) is 0 Å². The molecule has 52 heavy (non-hydrogen) atoms. The van der Waals surface area contributed by atoms with Crippen LogP contribution in [0.25, 0.3) is 76.9 Å². The first-order valence-corrected chi connectivity index (χ1v) is 17.8. The lowest BCUT2D eigenvalue weighted by atomic mass is 9.96. The maximum Gasteiger partial charge on any atom is 0.135 e. The van der Waals surface area contributed by atoms with Crippen LogP contribution in [0, 0.1) is 0 Å². The first-order chi connectivity index (χ1) is 25.8. The third-order valence-electron chi connectivity index (χ3n) is 10.2. The van der Waals surface area contributed by atoms with Gasteiger partial charge in [-0.15, -0.1) is 0 Å². The van der Waals surface area contributed by atoms with Crippen LogP contribution in [0.4, 0.5) is 17.1 Å². The molecule has 2 nitrogen and oxygen atoms in total. The van der Waals surface area contributed by atoms with Gasteiger partial charge in [-0.05, 0) is 92.2 Å². The Morgan fingerprint density at radius 3 is 1.87 bits per heavy atom. The van der Waals surface area contributed by atoms with Crippen LogP contribution in [0.15, 0.2) is 205 Å². The molecule has 0 aliphatic heterocycles. The monoisotopic (exact) mass is 663 g/mol. The highest BCUT2D eigenvalue weighted by Gasteiger charge is 2.21. The summed E-state index contributed by atoms with van der Waals surface area (Å²) in [5, 5.41) is 8.41. The van der Waals surface area contributed by atoms with Crippen molar-refractivity contribution in [2.75, 3.05) is 4.90 Å². The first kappa shape index (κ1) is 30.0. The van der Waals surface area contributed by atoms with E-state index in [4.69, 9.17) is 4.42 Å². The number of anilines is 3. The molecule has 0 amide bonds. The molecule has 1 heterocycles. The van der Waals surface area contributed by atoms with Gasteiger partial charge in [0.1, 0.15) is 11.3 Å². The summed E-state index contributed by atoms with van der Waals surface area (Å²) in [7, 11) is 0. The molecular weight excluding hydrogens is 631 g/mol. The molecule has 10 aromatic rings. The Labute approximate surface area is 302 Å². The van der Waals surface area contributed by atoms with Crippen LogP contribution in [0.1, 0.15) is 0 Å². The predicted octanol–water partition coefficient (Wildman–Crippen LogP) is 14.4. The third-order valence-corrected chi connectivity index (χ3v) is 10.2. The van der Waals surface area contributed by atoms with E-state index in [9.17, 15) is 0 Å². The number of benzene rings is 9. The van der Waals surface area contributed by atoms with E-state index < -0.39 is 0 Å². The van der Waals surface area contributed by atoms with Crippen LogP contribution >= 0.6 is 0 Å². The van der Waals surface area contributed by atoms with Gasteiger partial charge in [-0.3, -0.25) is 0 Å². The fourth-order valence-corrected chi connectivity index (χ4v) is 7.69. The normalized spacial score (nSPS) is 11.5. The molecule has 0 spiro atoms. The lowest BCUT2D eigenvalue weighted by Crippen LogP contribution is -2.12. The lowest BCUT2D eigenvalue weighted by molar-refractivity contribution is 0.631. The molecule has 1 aromatic heterocycles. The molecule has 0 radical (unpaired) electrons. The summed E-state index contributed by atoms with van der Waals surface area (Å²) in [6.45, 7) is 0. The van der Waals surface area contributed by atoms with Gasteiger partial charge >= 0.3 is 0 Å². The third kappa shape index (κ3) is 5.21. The van der Waals surface area contributed by atoms with Crippen LogP contribution in [0.3, 0.4) is 0 Å². The van der Waals surface area contributed by atoms with Crippen molar-refractivity contribution in [2.45, 2.75) is 0 Å². The summed E-state index contributed by atoms with van der Waals surface area (Å²) >= 11 is 0. The van der Waals surface area contributed by atoms with Crippen molar-refractivity contribution in [1.82, 2.24) is 0 Å². The minimum absolute atomic E-state index is 0.880. The lowest BCUT2D eigenvalue weighted by Gasteiger charge is -2.30. The number of para-hydroxylation sites is 2. The highest BCUT2D eigenvalue weighted by Crippen LogP contribution is 2.46. The Bertz CT molecular complexity index is 2890. The van der Waals surface area contributed by atoms with Crippen molar-refractivity contribution in [3.63, 3.8) is 0 Å². The molecule has 0 fully saturated rings. The van der Waals surface area contributed by atoms with Gasteiger partial charge in [-0.25, -0.2) is 0 Å². The van der Waals surface area contributed by atoms with Crippen LogP contribution < -0.4 is 4.90 Å². The molecular formula is C50H33NO. The van der Waals surface area contributed by atoms with Crippen molar-refractivity contribution >= 4 is 60.3 Å². The molecule has 9 aromatic carbocycles. The number of furan rings is 1. The van der Waals surface area contributed by atoms with Gasteiger partial charge in [-0.1, -0.05) is 152 Å². The zero-order valence-electron chi connectivity index (χ0n) is 28.4. The molecule has 10 rings (SSSR count). The Hall–Kier alpha value is -6.90. The molecule has 0 atom stereocenters. The van der Waals surface area contributed by atoms with Gasteiger partial charge in [0, 0.05) is 27.6 Å². The van der Waals surface area contributed by atoms with Gasteiger partial charge < -0.3 is 9.32 Å². The molecule has 0 aliphatic rings. The first-order valence-electron chi connectivity index (χ1n) is 17.8. The molecule has 0 saturated carbocycles. The van der Waals surface area contributed by atoms with Crippen molar-refractivity contribution in [3.8, 4) is 33.6 Å². The van der Waals surface area contributed by atoms with Crippen LogP contribution in [-0.4, -0.2) is 0 Å². The van der Waals surface area contributed by atoms with Crippen molar-refractivity contribution < 1.29 is 4.42 Å². The second kappa shape index (κ2) is 12.5. The quantitative estimate of drug-likeness (QED) is 0.165. The van der Waals surface area contributed by atoms with Gasteiger partial charge in [0.25, 0.3) is 0 Å². The molecule has 0 aliphatic carbocycles. The van der Waals surface area contributed by atoms with Gasteiger partial charge in [0.2, 0.25) is 0 Å². The van der Waals surface area contributed by atoms with E-state index in [1.807, 2.05) is 18.2 Å². The summed E-state index contributed by atoms with van der Waals surface area (Å²) in [6.07, 6.45) is 0. The van der Waals surface area contributed by atoms with Crippen molar-refractivity contribution in [1.29, 1.82) is 0 Å². The summed E-state index contributed by atoms with van der Waals surface area (Å²) in [5.74, 6) is 0.880. The summed E-state index contributed by atoms with van der Waals surface area (Å²) in [4.78, 5) is 2.45. The van der Waals surface area contributed by atoms with Crippen molar-refractivity contribution in [3.05, 3.63) is 200 Å². The number of nitrogens with zero attached hydrogens (tertiary/aromatic N) is 1. The fraction of sp³-hybridized carbons (Fsp3) is 0. The molecule has 0 unspecified atom stereocenters. The molecule has 0 bridgehead atoms. The second-order valence-electron chi connectivity index (χ2n) is 13.4. The van der Waals surface area contributed by atoms with E-state index in [1.165, 1.54) is 49.0 Å². The SMILES string of the molecule is c1ccc(-c2ccccc2N(c2ccc3cc(-c4cccc(-c5cc6ccccc6o5)c4)ccc3c2)c2cc3ccccc3c3ccccc23)cc1. The largest absolute Gasteiger partial charge is 0.456 e. The summed E-state index contributed by atoms with van der Waals surface area (Å²) in [6, 6.07) is 71.8. The topological polar surface area (TPSA) is 16.4 Å². The van der Waals surface area contributed by atoms with E-state index in [1.54, 1.807) is 0 Å². The van der Waals surface area contributed by atoms with E-state index in [0.717, 1.165) is 44.9 Å². The van der Waals surface area contributed by atoms with Crippen LogP contribution in [0.5, 0.6) is 0 Å². The summed E-state index contributed by atoms with van der Waals surface area (Å²) in [5.41, 5.74) is 10.1. The number of rotatable bonds is 6. The number of fused-ring (bicyclic) bond motifs is 5. The maximum atomic E-state index is 6.21. The van der Waals surface area contributed by atoms with Gasteiger partial charge in [-0.2, -0.15) is 0 Å². The zero-order valence-corrected chi connectivity index (χ0v) is 28.4. The predicted molar refractivity (Wildman–Crippen MR) is 220 cm³/mol. The van der Waals surface area contributed by atoms with Gasteiger partial charge in [0.15, 0.2) is 0 Å². The molecule has 244 valence electrons. The van der Waals surface area contributed by atoms with Crippen LogP contribution in [0.2, 0.25) is 0 Å². The van der Waals surface area contributed by atoms with E-state index in [2.05, 4.69) is 187 Å². The highest BCUT2D eigenvalue weighted by atomic mass is 16.3. The maximum absolute atomic E-state index is 6.21. The second-order valence-corrected chi connectivity index (χ2v) is 13.4. The Morgan fingerprint density at radius 1 is 0.327 bits per heavy atom. The molecule has 0 saturated heterocycles. The number of hydrogen-bond acceptors (Lipinski definition) is 2. The van der Waals surface area contributed by atoms with Gasteiger partial charge in [0.05, 0.1) is 11.4 Å². The number of hydrogen-bond donors (Lipinski definition) is 0. The Morgan fingerprint density at radius 2 is 0.981 bits per heavy atom. The average molecular weight is 664 g/mol. The van der Waals surface area contributed by atoms with Crippen LogP contribution in [-0.2, 0) is 0 Å². The smallest absolute Gasteiger partial charge is 0.135 e. The zero-order chi connectivity index (χ0) is 34.4. The Balaban J connectivity index is 1.12. The van der Waals surface area contributed by atoms with E-state index in [0.29, 0.717) is 0 Å². The minimum atomic E-state index is 0.880. The average Bonchev–Trinajstić information content (AvgIpc) is 3.66. The summed E-state index contributed by atoms with van der Waals surface area (Å²) < 4.78 is 6.21.